The molecule has 104 valence electrons. The highest BCUT2D eigenvalue weighted by Gasteiger charge is 2.23. The largest absolute Gasteiger partial charge is 0.357 e. The molecule has 19 heavy (non-hydrogen) atoms. The molecule has 4 heteroatoms. The first-order valence-corrected chi connectivity index (χ1v) is 7.78. The summed E-state index contributed by atoms with van der Waals surface area (Å²) in [6, 6.07) is 3.96. The van der Waals surface area contributed by atoms with E-state index >= 15 is 0 Å². The molecule has 3 rings (SSSR count). The number of halogens is 1. The van der Waals surface area contributed by atoms with Crippen LogP contribution in [0, 0.1) is 5.92 Å². The fourth-order valence-corrected chi connectivity index (χ4v) is 3.34. The lowest BCUT2D eigenvalue weighted by Crippen LogP contribution is -2.38. The summed E-state index contributed by atoms with van der Waals surface area (Å²) in [5, 5.41) is 0.715. The third-order valence-corrected chi connectivity index (χ3v) is 4.59. The molecule has 1 aromatic heterocycles. The number of aromatic nitrogens is 1. The molecule has 2 fully saturated rings. The maximum Gasteiger partial charge on any atom is 0.128 e. The van der Waals surface area contributed by atoms with Gasteiger partial charge >= 0.3 is 0 Å². The van der Waals surface area contributed by atoms with Gasteiger partial charge in [0.1, 0.15) is 5.82 Å². The zero-order valence-corrected chi connectivity index (χ0v) is 12.1. The predicted molar refractivity (Wildman–Crippen MR) is 79.9 cm³/mol. The molecule has 3 nitrogen and oxygen atoms in total. The minimum Gasteiger partial charge on any atom is -0.357 e. The second-order valence-corrected chi connectivity index (χ2v) is 6.21. The Hall–Kier alpha value is -0.800. The first kappa shape index (κ1) is 13.2. The van der Waals surface area contributed by atoms with Gasteiger partial charge in [-0.3, -0.25) is 0 Å². The number of piperidine rings is 1. The van der Waals surface area contributed by atoms with Gasteiger partial charge in [0, 0.05) is 25.8 Å². The van der Waals surface area contributed by atoms with Crippen molar-refractivity contribution in [3.63, 3.8) is 0 Å². The molecule has 0 N–H and O–H groups in total. The van der Waals surface area contributed by atoms with Gasteiger partial charge in [0.25, 0.3) is 0 Å². The Morgan fingerprint density at radius 3 is 2.47 bits per heavy atom. The molecule has 0 radical (unpaired) electrons. The number of nitrogens with zero attached hydrogens (tertiary/aromatic N) is 3. The molecule has 0 bridgehead atoms. The molecule has 0 aliphatic carbocycles. The number of anilines is 1. The maximum atomic E-state index is 5.88. The molecule has 0 amide bonds. The lowest BCUT2D eigenvalue weighted by atomic mass is 9.96. The van der Waals surface area contributed by atoms with Gasteiger partial charge in [-0.05, 0) is 56.8 Å². The van der Waals surface area contributed by atoms with E-state index in [0.717, 1.165) is 24.8 Å². The van der Waals surface area contributed by atoms with Crippen LogP contribution in [0.1, 0.15) is 25.7 Å². The van der Waals surface area contributed by atoms with Crippen LogP contribution in [0.4, 0.5) is 5.82 Å². The van der Waals surface area contributed by atoms with Crippen molar-refractivity contribution < 1.29 is 0 Å². The molecule has 2 aliphatic rings. The fourth-order valence-electron chi connectivity index (χ4n) is 3.23. The van der Waals surface area contributed by atoms with Crippen LogP contribution in [0.5, 0.6) is 0 Å². The van der Waals surface area contributed by atoms with Gasteiger partial charge in [-0.1, -0.05) is 11.6 Å². The predicted octanol–water partition coefficient (Wildman–Crippen LogP) is 3.05. The van der Waals surface area contributed by atoms with Crippen LogP contribution in [-0.4, -0.2) is 42.6 Å². The molecule has 3 heterocycles. The third kappa shape index (κ3) is 3.40. The molecule has 2 aliphatic heterocycles. The van der Waals surface area contributed by atoms with E-state index in [9.17, 15) is 0 Å². The van der Waals surface area contributed by atoms with Crippen LogP contribution in [-0.2, 0) is 0 Å². The van der Waals surface area contributed by atoms with E-state index in [2.05, 4.69) is 14.8 Å². The summed E-state index contributed by atoms with van der Waals surface area (Å²) in [6.07, 6.45) is 7.12. The summed E-state index contributed by atoms with van der Waals surface area (Å²) in [7, 11) is 0. The van der Waals surface area contributed by atoms with Crippen molar-refractivity contribution >= 4 is 17.4 Å². The van der Waals surface area contributed by atoms with Gasteiger partial charge in [0.05, 0.1) is 5.02 Å². The van der Waals surface area contributed by atoms with Crippen LogP contribution < -0.4 is 4.90 Å². The zero-order valence-electron chi connectivity index (χ0n) is 11.4. The number of hydrogen-bond donors (Lipinski definition) is 0. The fraction of sp³-hybridized carbons (Fsp3) is 0.667. The Bertz CT molecular complexity index is 392. The first-order chi connectivity index (χ1) is 9.31. The van der Waals surface area contributed by atoms with E-state index in [-0.39, 0.29) is 0 Å². The van der Waals surface area contributed by atoms with E-state index in [0.29, 0.717) is 5.02 Å². The second-order valence-electron chi connectivity index (χ2n) is 5.77. The van der Waals surface area contributed by atoms with Crippen LogP contribution in [0.15, 0.2) is 18.3 Å². The standard InChI is InChI=1S/C15H22ClN3/c16-14-3-4-15(17-11-14)19-9-5-13(6-10-19)12-18-7-1-2-8-18/h3-4,11,13H,1-2,5-10,12H2. The Balaban J connectivity index is 1.50. The quantitative estimate of drug-likeness (QED) is 0.848. The second kappa shape index (κ2) is 6.10. The highest BCUT2D eigenvalue weighted by atomic mass is 35.5. The molecule has 0 unspecified atom stereocenters. The minimum absolute atomic E-state index is 0.715. The summed E-state index contributed by atoms with van der Waals surface area (Å²) in [4.78, 5) is 9.44. The normalized spacial score (nSPS) is 22.1. The Morgan fingerprint density at radius 2 is 1.84 bits per heavy atom. The van der Waals surface area contributed by atoms with Crippen molar-refractivity contribution in [2.75, 3.05) is 37.6 Å². The summed E-state index contributed by atoms with van der Waals surface area (Å²) in [5.74, 6) is 1.95. The first-order valence-electron chi connectivity index (χ1n) is 7.40. The van der Waals surface area contributed by atoms with E-state index in [1.54, 1.807) is 6.20 Å². The number of likely N-dealkylation sites (tertiary alicyclic amines) is 1. The summed E-state index contributed by atoms with van der Waals surface area (Å²) >= 11 is 5.88. The molecule has 1 aromatic rings. The van der Waals surface area contributed by atoms with Gasteiger partial charge in [-0.25, -0.2) is 4.98 Å². The van der Waals surface area contributed by atoms with Crippen molar-refractivity contribution in [3.05, 3.63) is 23.4 Å². The van der Waals surface area contributed by atoms with Gasteiger partial charge in [0.2, 0.25) is 0 Å². The molecular formula is C15H22ClN3. The highest BCUT2D eigenvalue weighted by Crippen LogP contribution is 2.24. The van der Waals surface area contributed by atoms with E-state index in [1.807, 2.05) is 12.1 Å². The van der Waals surface area contributed by atoms with Gasteiger partial charge in [0.15, 0.2) is 0 Å². The lowest BCUT2D eigenvalue weighted by molar-refractivity contribution is 0.249. The third-order valence-electron chi connectivity index (χ3n) is 4.37. The lowest BCUT2D eigenvalue weighted by Gasteiger charge is -2.34. The number of hydrogen-bond acceptors (Lipinski definition) is 3. The van der Waals surface area contributed by atoms with Crippen LogP contribution in [0.25, 0.3) is 0 Å². The SMILES string of the molecule is Clc1ccc(N2CCC(CN3CCCC3)CC2)nc1. The smallest absolute Gasteiger partial charge is 0.128 e. The van der Waals surface area contributed by atoms with Crippen molar-refractivity contribution in [2.45, 2.75) is 25.7 Å². The Morgan fingerprint density at radius 1 is 1.11 bits per heavy atom. The topological polar surface area (TPSA) is 19.4 Å². The summed E-state index contributed by atoms with van der Waals surface area (Å²) in [5.41, 5.74) is 0. The van der Waals surface area contributed by atoms with Gasteiger partial charge in [-0.2, -0.15) is 0 Å². The van der Waals surface area contributed by atoms with E-state index in [1.165, 1.54) is 45.3 Å². The Labute approximate surface area is 120 Å². The molecule has 0 saturated carbocycles. The molecular weight excluding hydrogens is 258 g/mol. The Kier molecular flexibility index (Phi) is 4.24. The highest BCUT2D eigenvalue weighted by molar-refractivity contribution is 6.30. The average molecular weight is 280 g/mol. The van der Waals surface area contributed by atoms with E-state index in [4.69, 9.17) is 11.6 Å². The van der Waals surface area contributed by atoms with Crippen LogP contribution in [0.3, 0.4) is 0 Å². The summed E-state index contributed by atoms with van der Waals surface area (Å²) in [6.45, 7) is 6.21. The van der Waals surface area contributed by atoms with Crippen LogP contribution >= 0.6 is 11.6 Å². The molecule has 2 saturated heterocycles. The molecule has 0 atom stereocenters. The monoisotopic (exact) mass is 279 g/mol. The van der Waals surface area contributed by atoms with Crippen molar-refractivity contribution in [3.8, 4) is 0 Å². The number of pyridine rings is 1. The maximum absolute atomic E-state index is 5.88. The zero-order chi connectivity index (χ0) is 13.1. The minimum atomic E-state index is 0.715. The molecule has 0 aromatic carbocycles. The molecule has 0 spiro atoms. The van der Waals surface area contributed by atoms with Crippen LogP contribution in [0.2, 0.25) is 5.02 Å². The van der Waals surface area contributed by atoms with E-state index < -0.39 is 0 Å². The summed E-state index contributed by atoms with van der Waals surface area (Å²) < 4.78 is 0. The van der Waals surface area contributed by atoms with Gasteiger partial charge < -0.3 is 9.80 Å². The average Bonchev–Trinajstić information content (AvgIpc) is 2.94. The van der Waals surface area contributed by atoms with Crippen molar-refractivity contribution in [2.24, 2.45) is 5.92 Å². The van der Waals surface area contributed by atoms with Crippen molar-refractivity contribution in [1.82, 2.24) is 9.88 Å². The van der Waals surface area contributed by atoms with Crippen molar-refractivity contribution in [1.29, 1.82) is 0 Å². The number of rotatable bonds is 3. The van der Waals surface area contributed by atoms with Gasteiger partial charge in [-0.15, -0.1) is 0 Å².